The van der Waals surface area contributed by atoms with Crippen molar-refractivity contribution in [3.8, 4) is 11.5 Å². The molecule has 1 aromatic carbocycles. The Hall–Kier alpha value is -1.26. The molecule has 2 rings (SSSR count). The lowest BCUT2D eigenvalue weighted by atomic mass is 10.0. The van der Waals surface area contributed by atoms with Gasteiger partial charge in [0.1, 0.15) is 0 Å². The van der Waals surface area contributed by atoms with E-state index in [4.69, 9.17) is 15.2 Å². The predicted molar refractivity (Wildman–Crippen MR) is 76.7 cm³/mol. The van der Waals surface area contributed by atoms with Crippen molar-refractivity contribution in [1.29, 1.82) is 0 Å². The molecule has 0 radical (unpaired) electrons. The van der Waals surface area contributed by atoms with Crippen molar-refractivity contribution in [2.24, 2.45) is 5.73 Å². The smallest absolute Gasteiger partial charge is 0.161 e. The van der Waals surface area contributed by atoms with E-state index in [-0.39, 0.29) is 0 Å². The minimum absolute atomic E-state index is 0.302. The molecule has 0 amide bonds. The summed E-state index contributed by atoms with van der Waals surface area (Å²) in [6.45, 7) is 4.30. The highest BCUT2D eigenvalue weighted by molar-refractivity contribution is 5.43. The molecule has 0 aliphatic carbocycles. The summed E-state index contributed by atoms with van der Waals surface area (Å²) in [5.41, 5.74) is 7.30. The Balaban J connectivity index is 2.16. The Morgan fingerprint density at radius 3 is 2.63 bits per heavy atom. The summed E-state index contributed by atoms with van der Waals surface area (Å²) < 4.78 is 10.6. The zero-order chi connectivity index (χ0) is 13.8. The molecule has 1 aromatic rings. The standard InChI is InChI=1S/C15H24N2O2/c1-11(17-8-4-5-13(16)10-17)12-6-7-14(18-2)15(9-12)19-3/h6-7,9,11,13H,4-5,8,10,16H2,1-3H3. The fourth-order valence-corrected chi connectivity index (χ4v) is 2.72. The molecule has 106 valence electrons. The van der Waals surface area contributed by atoms with Crippen LogP contribution in [0.25, 0.3) is 0 Å². The molecule has 0 saturated carbocycles. The fourth-order valence-electron chi connectivity index (χ4n) is 2.72. The van der Waals surface area contributed by atoms with Crippen molar-refractivity contribution in [3.05, 3.63) is 23.8 Å². The van der Waals surface area contributed by atoms with Crippen LogP contribution < -0.4 is 15.2 Å². The molecule has 2 unspecified atom stereocenters. The molecule has 2 atom stereocenters. The Morgan fingerprint density at radius 2 is 2.00 bits per heavy atom. The molecule has 19 heavy (non-hydrogen) atoms. The normalized spacial score (nSPS) is 22.0. The molecule has 4 nitrogen and oxygen atoms in total. The molecule has 1 saturated heterocycles. The van der Waals surface area contributed by atoms with Crippen molar-refractivity contribution in [1.82, 2.24) is 4.90 Å². The molecule has 2 N–H and O–H groups in total. The molecule has 1 aliphatic rings. The monoisotopic (exact) mass is 264 g/mol. The van der Waals surface area contributed by atoms with Crippen LogP contribution in [0.3, 0.4) is 0 Å². The van der Waals surface area contributed by atoms with Crippen LogP contribution in [0.15, 0.2) is 18.2 Å². The van der Waals surface area contributed by atoms with E-state index in [0.29, 0.717) is 12.1 Å². The number of hydrogen-bond acceptors (Lipinski definition) is 4. The SMILES string of the molecule is COc1ccc(C(C)N2CCCC(N)C2)cc1OC. The third-order valence-corrected chi connectivity index (χ3v) is 3.93. The summed E-state index contributed by atoms with van der Waals surface area (Å²) >= 11 is 0. The third-order valence-electron chi connectivity index (χ3n) is 3.93. The maximum atomic E-state index is 6.06. The van der Waals surface area contributed by atoms with Gasteiger partial charge in [0.15, 0.2) is 11.5 Å². The van der Waals surface area contributed by atoms with Crippen LogP contribution in [0.4, 0.5) is 0 Å². The number of rotatable bonds is 4. The van der Waals surface area contributed by atoms with E-state index in [0.717, 1.165) is 31.0 Å². The van der Waals surface area contributed by atoms with Crippen LogP contribution in [0, 0.1) is 0 Å². The minimum atomic E-state index is 0.302. The summed E-state index contributed by atoms with van der Waals surface area (Å²) in [4.78, 5) is 2.44. The second kappa shape index (κ2) is 6.26. The van der Waals surface area contributed by atoms with Crippen LogP contribution >= 0.6 is 0 Å². The average molecular weight is 264 g/mol. The number of likely N-dealkylation sites (tertiary alicyclic amines) is 1. The number of piperidine rings is 1. The first-order valence-electron chi connectivity index (χ1n) is 6.87. The van der Waals surface area contributed by atoms with Crippen molar-refractivity contribution in [3.63, 3.8) is 0 Å². The Kier molecular flexibility index (Phi) is 4.66. The van der Waals surface area contributed by atoms with Gasteiger partial charge < -0.3 is 15.2 Å². The molecule has 0 aromatic heterocycles. The van der Waals surface area contributed by atoms with Crippen LogP contribution in [0.2, 0.25) is 0 Å². The van der Waals surface area contributed by atoms with E-state index >= 15 is 0 Å². The third kappa shape index (κ3) is 3.19. The van der Waals surface area contributed by atoms with Gasteiger partial charge in [0.2, 0.25) is 0 Å². The summed E-state index contributed by atoms with van der Waals surface area (Å²) in [7, 11) is 3.33. The Labute approximate surface area is 115 Å². The van der Waals surface area contributed by atoms with Gasteiger partial charge in [-0.2, -0.15) is 0 Å². The molecule has 1 fully saturated rings. The number of nitrogens with two attached hydrogens (primary N) is 1. The van der Waals surface area contributed by atoms with Gasteiger partial charge in [0.25, 0.3) is 0 Å². The quantitative estimate of drug-likeness (QED) is 0.905. The predicted octanol–water partition coefficient (Wildman–Crippen LogP) is 2.19. The molecular formula is C15H24N2O2. The van der Waals surface area contributed by atoms with E-state index in [2.05, 4.69) is 24.0 Å². The highest BCUT2D eigenvalue weighted by Gasteiger charge is 2.22. The minimum Gasteiger partial charge on any atom is -0.493 e. The first-order valence-corrected chi connectivity index (χ1v) is 6.87. The van der Waals surface area contributed by atoms with Crippen molar-refractivity contribution >= 4 is 0 Å². The van der Waals surface area contributed by atoms with Crippen molar-refractivity contribution in [2.75, 3.05) is 27.3 Å². The van der Waals surface area contributed by atoms with Gasteiger partial charge in [-0.05, 0) is 44.0 Å². The van der Waals surface area contributed by atoms with Crippen molar-refractivity contribution in [2.45, 2.75) is 31.8 Å². The number of hydrogen-bond donors (Lipinski definition) is 1. The number of nitrogens with zero attached hydrogens (tertiary/aromatic N) is 1. The Bertz CT molecular complexity index is 423. The van der Waals surface area contributed by atoms with E-state index in [1.165, 1.54) is 12.0 Å². The van der Waals surface area contributed by atoms with E-state index in [9.17, 15) is 0 Å². The van der Waals surface area contributed by atoms with Gasteiger partial charge in [-0.25, -0.2) is 0 Å². The van der Waals surface area contributed by atoms with Crippen LogP contribution in [0.5, 0.6) is 11.5 Å². The molecule has 0 spiro atoms. The topological polar surface area (TPSA) is 47.7 Å². The lowest BCUT2D eigenvalue weighted by molar-refractivity contribution is 0.159. The van der Waals surface area contributed by atoms with Crippen LogP contribution in [0.1, 0.15) is 31.4 Å². The largest absolute Gasteiger partial charge is 0.493 e. The maximum Gasteiger partial charge on any atom is 0.161 e. The fraction of sp³-hybridized carbons (Fsp3) is 0.600. The molecule has 4 heteroatoms. The highest BCUT2D eigenvalue weighted by Crippen LogP contribution is 2.32. The lowest BCUT2D eigenvalue weighted by Crippen LogP contribution is -2.43. The van der Waals surface area contributed by atoms with E-state index < -0.39 is 0 Å². The first kappa shape index (κ1) is 14.2. The number of methoxy groups -OCH3 is 2. The zero-order valence-corrected chi connectivity index (χ0v) is 12.1. The zero-order valence-electron chi connectivity index (χ0n) is 12.1. The van der Waals surface area contributed by atoms with Crippen LogP contribution in [-0.4, -0.2) is 38.3 Å². The lowest BCUT2D eigenvalue weighted by Gasteiger charge is -2.35. The summed E-state index contributed by atoms with van der Waals surface area (Å²) in [5.74, 6) is 1.56. The summed E-state index contributed by atoms with van der Waals surface area (Å²) in [6.07, 6.45) is 2.31. The second-order valence-electron chi connectivity index (χ2n) is 5.19. The maximum absolute atomic E-state index is 6.06. The van der Waals surface area contributed by atoms with Gasteiger partial charge in [0.05, 0.1) is 14.2 Å². The van der Waals surface area contributed by atoms with Gasteiger partial charge >= 0.3 is 0 Å². The second-order valence-corrected chi connectivity index (χ2v) is 5.19. The highest BCUT2D eigenvalue weighted by atomic mass is 16.5. The van der Waals surface area contributed by atoms with Gasteiger partial charge in [0, 0.05) is 18.6 Å². The number of ether oxygens (including phenoxy) is 2. The van der Waals surface area contributed by atoms with Crippen molar-refractivity contribution < 1.29 is 9.47 Å². The van der Waals surface area contributed by atoms with Gasteiger partial charge in [-0.1, -0.05) is 6.07 Å². The molecule has 0 bridgehead atoms. The molecule has 1 aliphatic heterocycles. The van der Waals surface area contributed by atoms with Gasteiger partial charge in [-0.15, -0.1) is 0 Å². The number of benzene rings is 1. The van der Waals surface area contributed by atoms with E-state index in [1.807, 2.05) is 6.07 Å². The molecular weight excluding hydrogens is 240 g/mol. The summed E-state index contributed by atoms with van der Waals surface area (Å²) in [6, 6.07) is 6.78. The molecule has 1 heterocycles. The first-order chi connectivity index (χ1) is 9.15. The Morgan fingerprint density at radius 1 is 1.26 bits per heavy atom. The van der Waals surface area contributed by atoms with E-state index in [1.54, 1.807) is 14.2 Å². The average Bonchev–Trinajstić information content (AvgIpc) is 2.45. The van der Waals surface area contributed by atoms with Crippen LogP contribution in [-0.2, 0) is 0 Å². The summed E-state index contributed by atoms with van der Waals surface area (Å²) in [5, 5.41) is 0. The van der Waals surface area contributed by atoms with Gasteiger partial charge in [-0.3, -0.25) is 4.90 Å².